The number of methoxy groups -OCH3 is 1. The van der Waals surface area contributed by atoms with Crippen LogP contribution in [0, 0.1) is 11.8 Å². The van der Waals surface area contributed by atoms with E-state index in [2.05, 4.69) is 28.7 Å². The predicted molar refractivity (Wildman–Crippen MR) is 64.5 cm³/mol. The third kappa shape index (κ3) is 2.76. The van der Waals surface area contributed by atoms with E-state index >= 15 is 0 Å². The van der Waals surface area contributed by atoms with Gasteiger partial charge in [-0.3, -0.25) is 0 Å². The summed E-state index contributed by atoms with van der Waals surface area (Å²) in [5.41, 5.74) is 0. The van der Waals surface area contributed by atoms with Gasteiger partial charge in [-0.15, -0.1) is 0 Å². The summed E-state index contributed by atoms with van der Waals surface area (Å²) in [5, 5.41) is 3.37. The van der Waals surface area contributed by atoms with Crippen molar-refractivity contribution in [3.63, 3.8) is 0 Å². The summed E-state index contributed by atoms with van der Waals surface area (Å²) in [5.74, 6) is 2.68. The largest absolute Gasteiger partial charge is 0.383 e. The SMILES string of the molecule is COCC(C)Nc1nccn1CC1CC1C. The fourth-order valence-electron chi connectivity index (χ4n) is 2.01. The van der Waals surface area contributed by atoms with Crippen LogP contribution in [0.15, 0.2) is 12.4 Å². The van der Waals surface area contributed by atoms with Crippen molar-refractivity contribution in [3.8, 4) is 0 Å². The Balaban J connectivity index is 1.90. The quantitative estimate of drug-likeness (QED) is 0.801. The van der Waals surface area contributed by atoms with Crippen LogP contribution in [0.3, 0.4) is 0 Å². The molecule has 0 radical (unpaired) electrons. The number of hydrogen-bond acceptors (Lipinski definition) is 3. The number of anilines is 1. The average molecular weight is 223 g/mol. The smallest absolute Gasteiger partial charge is 0.203 e. The van der Waals surface area contributed by atoms with Crippen molar-refractivity contribution in [2.75, 3.05) is 19.0 Å². The summed E-state index contributed by atoms with van der Waals surface area (Å²) in [7, 11) is 1.72. The van der Waals surface area contributed by atoms with Crippen LogP contribution in [0.1, 0.15) is 20.3 Å². The maximum Gasteiger partial charge on any atom is 0.203 e. The molecule has 3 atom stereocenters. The normalized spacial score (nSPS) is 25.4. The van der Waals surface area contributed by atoms with Crippen LogP contribution in [0.2, 0.25) is 0 Å². The molecular weight excluding hydrogens is 202 g/mol. The highest BCUT2D eigenvalue weighted by Gasteiger charge is 2.32. The molecule has 1 fully saturated rings. The van der Waals surface area contributed by atoms with E-state index in [1.54, 1.807) is 7.11 Å². The number of imidazole rings is 1. The van der Waals surface area contributed by atoms with Gasteiger partial charge in [0.2, 0.25) is 5.95 Å². The van der Waals surface area contributed by atoms with Gasteiger partial charge in [-0.25, -0.2) is 4.98 Å². The standard InChI is InChI=1S/C12H21N3O/c1-9-6-11(9)7-15-5-4-13-12(15)14-10(2)8-16-3/h4-5,9-11H,6-8H2,1-3H3,(H,13,14). The Labute approximate surface area is 97.0 Å². The van der Waals surface area contributed by atoms with E-state index in [1.807, 2.05) is 12.4 Å². The molecule has 90 valence electrons. The number of rotatable bonds is 6. The van der Waals surface area contributed by atoms with E-state index in [-0.39, 0.29) is 0 Å². The number of nitrogens with zero attached hydrogens (tertiary/aromatic N) is 2. The molecule has 0 aliphatic heterocycles. The van der Waals surface area contributed by atoms with Crippen LogP contribution in [0.4, 0.5) is 5.95 Å². The molecule has 1 N–H and O–H groups in total. The highest BCUT2D eigenvalue weighted by Crippen LogP contribution is 2.39. The van der Waals surface area contributed by atoms with Gasteiger partial charge < -0.3 is 14.6 Å². The van der Waals surface area contributed by atoms with Gasteiger partial charge in [0.05, 0.1) is 6.61 Å². The molecule has 1 aliphatic carbocycles. The van der Waals surface area contributed by atoms with Gasteiger partial charge in [-0.1, -0.05) is 6.92 Å². The molecule has 0 spiro atoms. The van der Waals surface area contributed by atoms with Gasteiger partial charge in [0.25, 0.3) is 0 Å². The molecule has 1 aromatic heterocycles. The van der Waals surface area contributed by atoms with Crippen molar-refractivity contribution in [3.05, 3.63) is 12.4 Å². The van der Waals surface area contributed by atoms with Crippen molar-refractivity contribution < 1.29 is 4.74 Å². The first-order valence-corrected chi connectivity index (χ1v) is 5.97. The molecular formula is C12H21N3O. The maximum absolute atomic E-state index is 5.10. The minimum atomic E-state index is 0.294. The molecule has 4 nitrogen and oxygen atoms in total. The van der Waals surface area contributed by atoms with Gasteiger partial charge >= 0.3 is 0 Å². The molecule has 1 heterocycles. The van der Waals surface area contributed by atoms with E-state index < -0.39 is 0 Å². The average Bonchev–Trinajstić information content (AvgIpc) is 2.73. The number of nitrogens with one attached hydrogen (secondary N) is 1. The van der Waals surface area contributed by atoms with E-state index in [1.165, 1.54) is 6.42 Å². The summed E-state index contributed by atoms with van der Waals surface area (Å²) in [6.45, 7) is 6.19. The molecule has 0 bridgehead atoms. The Morgan fingerprint density at radius 1 is 1.69 bits per heavy atom. The van der Waals surface area contributed by atoms with E-state index in [0.717, 1.165) is 24.3 Å². The van der Waals surface area contributed by atoms with Crippen LogP contribution >= 0.6 is 0 Å². The monoisotopic (exact) mass is 223 g/mol. The van der Waals surface area contributed by atoms with Crippen molar-refractivity contribution in [1.29, 1.82) is 0 Å². The minimum absolute atomic E-state index is 0.294. The molecule has 0 amide bonds. The third-order valence-corrected chi connectivity index (χ3v) is 3.21. The van der Waals surface area contributed by atoms with E-state index in [9.17, 15) is 0 Å². The zero-order valence-electron chi connectivity index (χ0n) is 10.3. The van der Waals surface area contributed by atoms with Crippen LogP contribution in [0.25, 0.3) is 0 Å². The van der Waals surface area contributed by atoms with Crippen LogP contribution in [-0.2, 0) is 11.3 Å². The Hall–Kier alpha value is -1.03. The molecule has 1 aromatic rings. The van der Waals surface area contributed by atoms with Gasteiger partial charge in [-0.2, -0.15) is 0 Å². The Morgan fingerprint density at radius 2 is 2.44 bits per heavy atom. The van der Waals surface area contributed by atoms with Crippen molar-refractivity contribution in [1.82, 2.24) is 9.55 Å². The predicted octanol–water partition coefficient (Wildman–Crippen LogP) is 1.99. The third-order valence-electron chi connectivity index (χ3n) is 3.21. The second-order valence-corrected chi connectivity index (χ2v) is 4.88. The van der Waals surface area contributed by atoms with Gasteiger partial charge in [-0.05, 0) is 25.2 Å². The zero-order chi connectivity index (χ0) is 11.5. The maximum atomic E-state index is 5.10. The van der Waals surface area contributed by atoms with E-state index in [0.29, 0.717) is 12.6 Å². The topological polar surface area (TPSA) is 39.1 Å². The van der Waals surface area contributed by atoms with Crippen molar-refractivity contribution >= 4 is 5.95 Å². The first-order chi connectivity index (χ1) is 7.70. The van der Waals surface area contributed by atoms with E-state index in [4.69, 9.17) is 4.74 Å². The summed E-state index contributed by atoms with van der Waals surface area (Å²) < 4.78 is 7.31. The van der Waals surface area contributed by atoms with Crippen LogP contribution in [-0.4, -0.2) is 29.3 Å². The molecule has 0 aromatic carbocycles. The van der Waals surface area contributed by atoms with Gasteiger partial charge in [0.1, 0.15) is 0 Å². The first-order valence-electron chi connectivity index (χ1n) is 5.97. The summed E-state index contributed by atoms with van der Waals surface area (Å²) in [6.07, 6.45) is 5.26. The minimum Gasteiger partial charge on any atom is -0.383 e. The molecule has 1 saturated carbocycles. The highest BCUT2D eigenvalue weighted by atomic mass is 16.5. The first kappa shape index (κ1) is 11.5. The number of ether oxygens (including phenoxy) is 1. The molecule has 1 aliphatic rings. The Bertz CT molecular complexity index is 337. The fourth-order valence-corrected chi connectivity index (χ4v) is 2.01. The van der Waals surface area contributed by atoms with Crippen molar-refractivity contribution in [2.45, 2.75) is 32.9 Å². The molecule has 4 heteroatoms. The molecule has 2 rings (SSSR count). The van der Waals surface area contributed by atoms with Crippen LogP contribution in [0.5, 0.6) is 0 Å². The summed E-state index contributed by atoms with van der Waals surface area (Å²) in [4.78, 5) is 4.34. The summed E-state index contributed by atoms with van der Waals surface area (Å²) >= 11 is 0. The second kappa shape index (κ2) is 4.87. The highest BCUT2D eigenvalue weighted by molar-refractivity contribution is 5.27. The van der Waals surface area contributed by atoms with Crippen LogP contribution < -0.4 is 5.32 Å². The Morgan fingerprint density at radius 3 is 3.06 bits per heavy atom. The zero-order valence-corrected chi connectivity index (χ0v) is 10.3. The van der Waals surface area contributed by atoms with Crippen molar-refractivity contribution in [2.24, 2.45) is 11.8 Å². The summed E-state index contributed by atoms with van der Waals surface area (Å²) in [6, 6.07) is 0.294. The van der Waals surface area contributed by atoms with Gasteiger partial charge in [0, 0.05) is 32.1 Å². The lowest BCUT2D eigenvalue weighted by Gasteiger charge is -2.15. The molecule has 16 heavy (non-hydrogen) atoms. The lowest BCUT2D eigenvalue weighted by atomic mass is 10.3. The number of hydrogen-bond donors (Lipinski definition) is 1. The molecule has 0 saturated heterocycles. The lowest BCUT2D eigenvalue weighted by molar-refractivity contribution is 0.190. The second-order valence-electron chi connectivity index (χ2n) is 4.88. The number of aromatic nitrogens is 2. The van der Waals surface area contributed by atoms with Gasteiger partial charge in [0.15, 0.2) is 0 Å². The lowest BCUT2D eigenvalue weighted by Crippen LogP contribution is -2.23. The molecule has 3 unspecified atom stereocenters. The fraction of sp³-hybridized carbons (Fsp3) is 0.750. The Kier molecular flexibility index (Phi) is 3.49.